The molecular weight excluding hydrogens is 508 g/mol. The van der Waals surface area contributed by atoms with E-state index in [0.717, 1.165) is 27.6 Å². The summed E-state index contributed by atoms with van der Waals surface area (Å²) in [5, 5.41) is 13.8. The minimum atomic E-state index is -1.25. The third kappa shape index (κ3) is 6.22. The number of nitrogens with zero attached hydrogens (tertiary/aromatic N) is 2. The number of carbonyl (C=O) groups excluding carboxylic acids is 3. The van der Waals surface area contributed by atoms with Crippen molar-refractivity contribution in [1.29, 1.82) is 0 Å². The predicted molar refractivity (Wildman–Crippen MR) is 153 cm³/mol. The van der Waals surface area contributed by atoms with E-state index in [0.29, 0.717) is 49.5 Å². The van der Waals surface area contributed by atoms with Gasteiger partial charge in [0.2, 0.25) is 5.36 Å². The van der Waals surface area contributed by atoms with Crippen LogP contribution in [0.25, 0.3) is 33.4 Å². The van der Waals surface area contributed by atoms with Crippen LogP contribution in [0.3, 0.4) is 0 Å². The highest BCUT2D eigenvalue weighted by atomic mass is 16.5. The molecule has 4 rings (SSSR count). The lowest BCUT2D eigenvalue weighted by Gasteiger charge is -2.24. The Bertz CT molecular complexity index is 1600. The molecule has 0 unspecified atom stereocenters. The third-order valence-corrected chi connectivity index (χ3v) is 7.00. The van der Waals surface area contributed by atoms with Gasteiger partial charge >= 0.3 is 5.97 Å². The standard InChI is InChI=1S/C32H34N2O6/c1-5-33(16-15-21(3)35)23-11-13-27-29(19-23)40-30-20-24(34(6-2)17-18-39-22(4)36)12-14-28(30)31(27)25-9-7-8-10-26(25)32(37)38/h7-14,19-20H,5-6,15-18H2,1-4H3. The number of esters is 1. The SMILES string of the molecule is CCN(CCOC(C)=O)c1ccc2c(-c3ccccc3C(=O)[O-])c3ccc(=[N+](CC)CCC(C)=O)cc-3oc2c1. The number of ketones is 1. The molecule has 2 aliphatic rings. The number of likely N-dealkylation sites (N-methyl/N-ethyl adjacent to an activating group) is 1. The molecule has 0 amide bonds. The van der Waals surface area contributed by atoms with Crippen molar-refractivity contribution in [3.05, 3.63) is 71.6 Å². The molecule has 0 atom stereocenters. The molecule has 1 aliphatic carbocycles. The van der Waals surface area contributed by atoms with Crippen LogP contribution in [0, 0.1) is 0 Å². The molecular formula is C32H34N2O6. The van der Waals surface area contributed by atoms with Crippen LogP contribution < -0.4 is 19.9 Å². The Balaban J connectivity index is 1.97. The maximum absolute atomic E-state index is 12.1. The largest absolute Gasteiger partial charge is 0.545 e. The summed E-state index contributed by atoms with van der Waals surface area (Å²) in [6.45, 7) is 9.78. The second-order valence-electron chi connectivity index (χ2n) is 9.62. The van der Waals surface area contributed by atoms with Crippen LogP contribution in [0.5, 0.6) is 0 Å². The molecule has 8 heteroatoms. The number of aromatic carboxylic acids is 1. The lowest BCUT2D eigenvalue weighted by atomic mass is 9.90. The molecule has 1 heterocycles. The fraction of sp³-hybridized carbons (Fsp3) is 0.312. The van der Waals surface area contributed by atoms with E-state index in [1.807, 2.05) is 50.2 Å². The number of Topliss-reactive ketones (excluding diaryl/α,β-unsaturated/α-hetero) is 1. The van der Waals surface area contributed by atoms with E-state index in [4.69, 9.17) is 9.15 Å². The zero-order valence-corrected chi connectivity index (χ0v) is 23.4. The Kier molecular flexibility index (Phi) is 8.99. The normalized spacial score (nSPS) is 11.9. The van der Waals surface area contributed by atoms with Crippen molar-refractivity contribution in [2.45, 2.75) is 34.1 Å². The van der Waals surface area contributed by atoms with E-state index < -0.39 is 5.97 Å². The molecule has 0 spiro atoms. The van der Waals surface area contributed by atoms with Crippen molar-refractivity contribution in [2.24, 2.45) is 0 Å². The first-order chi connectivity index (χ1) is 19.2. The Hall–Kier alpha value is -4.46. The van der Waals surface area contributed by atoms with Crippen molar-refractivity contribution in [3.8, 4) is 22.5 Å². The van der Waals surface area contributed by atoms with Crippen LogP contribution in [0.4, 0.5) is 5.69 Å². The molecule has 0 saturated heterocycles. The van der Waals surface area contributed by atoms with Gasteiger partial charge in [-0.2, -0.15) is 0 Å². The number of benzene rings is 3. The van der Waals surface area contributed by atoms with Gasteiger partial charge in [-0.05, 0) is 44.5 Å². The van der Waals surface area contributed by atoms with Gasteiger partial charge in [0.15, 0.2) is 0 Å². The molecule has 1 aliphatic heterocycles. The summed E-state index contributed by atoms with van der Waals surface area (Å²) in [6, 6.07) is 18.5. The van der Waals surface area contributed by atoms with Gasteiger partial charge in [0.25, 0.3) is 0 Å². The van der Waals surface area contributed by atoms with Gasteiger partial charge in [-0.3, -0.25) is 9.59 Å². The number of ether oxygens (including phenoxy) is 1. The van der Waals surface area contributed by atoms with Crippen LogP contribution >= 0.6 is 0 Å². The second-order valence-corrected chi connectivity index (χ2v) is 9.62. The van der Waals surface area contributed by atoms with E-state index in [-0.39, 0.29) is 23.9 Å². The molecule has 0 radical (unpaired) electrons. The predicted octanol–water partition coefficient (Wildman–Crippen LogP) is 3.73. The minimum Gasteiger partial charge on any atom is -0.545 e. The third-order valence-electron chi connectivity index (χ3n) is 7.00. The van der Waals surface area contributed by atoms with Crippen molar-refractivity contribution >= 4 is 34.4 Å². The smallest absolute Gasteiger partial charge is 0.302 e. The number of carboxylic acids is 1. The molecule has 0 saturated carbocycles. The number of rotatable bonds is 11. The summed E-state index contributed by atoms with van der Waals surface area (Å²) in [4.78, 5) is 37.0. The van der Waals surface area contributed by atoms with Gasteiger partial charge in [0.05, 0.1) is 25.0 Å². The van der Waals surface area contributed by atoms with Gasteiger partial charge in [0.1, 0.15) is 36.8 Å². The van der Waals surface area contributed by atoms with E-state index in [1.165, 1.54) is 6.92 Å². The Morgan fingerprint density at radius 3 is 2.42 bits per heavy atom. The number of fused-ring (bicyclic) bond motifs is 2. The highest BCUT2D eigenvalue weighted by molar-refractivity contribution is 6.07. The van der Waals surface area contributed by atoms with Crippen molar-refractivity contribution in [1.82, 2.24) is 4.58 Å². The van der Waals surface area contributed by atoms with Crippen molar-refractivity contribution < 1.29 is 28.6 Å². The van der Waals surface area contributed by atoms with Gasteiger partial charge in [-0.1, -0.05) is 24.3 Å². The van der Waals surface area contributed by atoms with Crippen LogP contribution in [-0.4, -0.2) is 50.5 Å². The molecule has 8 nitrogen and oxygen atoms in total. The van der Waals surface area contributed by atoms with Crippen LogP contribution in [0.1, 0.15) is 44.5 Å². The molecule has 208 valence electrons. The molecule has 0 N–H and O–H groups in total. The zero-order chi connectivity index (χ0) is 28.8. The fourth-order valence-electron chi connectivity index (χ4n) is 4.96. The van der Waals surface area contributed by atoms with Gasteiger partial charge in [-0.25, -0.2) is 4.58 Å². The van der Waals surface area contributed by atoms with E-state index in [1.54, 1.807) is 31.2 Å². The number of hydrogen-bond donors (Lipinski definition) is 0. The molecule has 0 aromatic heterocycles. The van der Waals surface area contributed by atoms with E-state index in [2.05, 4.69) is 9.48 Å². The second kappa shape index (κ2) is 12.6. The Labute approximate surface area is 233 Å². The lowest BCUT2D eigenvalue weighted by molar-refractivity contribution is -0.254. The summed E-state index contributed by atoms with van der Waals surface area (Å²) in [7, 11) is 0. The van der Waals surface area contributed by atoms with E-state index >= 15 is 0 Å². The monoisotopic (exact) mass is 542 g/mol. The van der Waals surface area contributed by atoms with Gasteiger partial charge in [0, 0.05) is 53.4 Å². The maximum atomic E-state index is 12.1. The summed E-state index contributed by atoms with van der Waals surface area (Å²) < 4.78 is 13.7. The summed E-state index contributed by atoms with van der Waals surface area (Å²) in [5.74, 6) is -0.866. The number of carbonyl (C=O) groups is 3. The van der Waals surface area contributed by atoms with Crippen LogP contribution in [-0.2, 0) is 14.3 Å². The minimum absolute atomic E-state index is 0.0951. The maximum Gasteiger partial charge on any atom is 0.302 e. The summed E-state index contributed by atoms with van der Waals surface area (Å²) >= 11 is 0. The number of carboxylic acid groups (broad SMARTS) is 1. The first kappa shape index (κ1) is 28.5. The first-order valence-corrected chi connectivity index (χ1v) is 13.5. The molecule has 40 heavy (non-hydrogen) atoms. The number of hydrogen-bond acceptors (Lipinski definition) is 7. The summed E-state index contributed by atoms with van der Waals surface area (Å²) in [6.07, 6.45) is 0.439. The quantitative estimate of drug-likeness (QED) is 0.162. The molecule has 0 bridgehead atoms. The highest BCUT2D eigenvalue weighted by Gasteiger charge is 2.21. The van der Waals surface area contributed by atoms with E-state index in [9.17, 15) is 19.5 Å². The highest BCUT2D eigenvalue weighted by Crippen LogP contribution is 2.41. The Morgan fingerprint density at radius 2 is 1.75 bits per heavy atom. The van der Waals surface area contributed by atoms with Crippen LogP contribution in [0.15, 0.2) is 65.1 Å². The molecule has 0 fully saturated rings. The average molecular weight is 543 g/mol. The van der Waals surface area contributed by atoms with Crippen molar-refractivity contribution in [2.75, 3.05) is 37.7 Å². The zero-order valence-electron chi connectivity index (χ0n) is 23.4. The summed E-state index contributed by atoms with van der Waals surface area (Å²) in [5.41, 5.74) is 3.62. The van der Waals surface area contributed by atoms with Gasteiger partial charge < -0.3 is 24.0 Å². The topological polar surface area (TPSA) is 103 Å². The van der Waals surface area contributed by atoms with Crippen LogP contribution in [0.2, 0.25) is 0 Å². The van der Waals surface area contributed by atoms with Gasteiger partial charge in [-0.15, -0.1) is 0 Å². The van der Waals surface area contributed by atoms with Crippen molar-refractivity contribution in [3.63, 3.8) is 0 Å². The molecule has 2 aromatic carbocycles. The fourth-order valence-corrected chi connectivity index (χ4v) is 4.96. The first-order valence-electron chi connectivity index (χ1n) is 13.5. The Morgan fingerprint density at radius 1 is 0.975 bits per heavy atom. The average Bonchev–Trinajstić information content (AvgIpc) is 2.93. The number of anilines is 1. The molecule has 2 aromatic rings. The lowest BCUT2D eigenvalue weighted by Crippen LogP contribution is -2.31.